The molecule has 1 aromatic carbocycles. The Morgan fingerprint density at radius 2 is 2.29 bits per heavy atom. The van der Waals surface area contributed by atoms with Gasteiger partial charge in [-0.2, -0.15) is 0 Å². The van der Waals surface area contributed by atoms with Crippen LogP contribution in [0.5, 0.6) is 5.75 Å². The molecule has 0 saturated heterocycles. The number of aromatic nitrogens is 1. The highest BCUT2D eigenvalue weighted by atomic mass is 16.5. The topological polar surface area (TPSA) is 85.4 Å². The Morgan fingerprint density at radius 1 is 1.53 bits per heavy atom. The molecule has 0 atom stereocenters. The van der Waals surface area contributed by atoms with E-state index in [1.807, 2.05) is 0 Å². The number of nitrogen functional groups attached to an aromatic ring is 1. The Bertz CT molecular complexity index is 581. The number of benzene rings is 1. The summed E-state index contributed by atoms with van der Waals surface area (Å²) < 4.78 is 4.83. The predicted molar refractivity (Wildman–Crippen MR) is 63.8 cm³/mol. The molecule has 0 aliphatic carbocycles. The number of rotatable bonds is 2. The summed E-state index contributed by atoms with van der Waals surface area (Å²) in [5.74, 6) is -0.580. The van der Waals surface area contributed by atoms with Crippen molar-refractivity contribution >= 4 is 22.6 Å². The smallest absolute Gasteiger partial charge is 0.359 e. The molecular weight excluding hydrogens is 220 g/mol. The molecule has 1 heterocycles. The third kappa shape index (κ3) is 1.99. The summed E-state index contributed by atoms with van der Waals surface area (Å²) in [4.78, 5) is 15.6. The van der Waals surface area contributed by atoms with E-state index < -0.39 is 5.97 Å². The number of phenols is 1. The number of para-hydroxylation sites is 1. The van der Waals surface area contributed by atoms with Gasteiger partial charge in [0, 0.05) is 5.39 Å². The van der Waals surface area contributed by atoms with Crippen molar-refractivity contribution in [2.75, 3.05) is 12.3 Å². The molecule has 1 aromatic heterocycles. The normalized spacial score (nSPS) is 10.4. The average molecular weight is 232 g/mol. The standard InChI is InChI=1S/C12H12N2O3/c1-2-17-12(16)11-8(13)6-7-4-3-5-9(15)10(7)14-11/h3-6,15H,2,13H2,1H3. The van der Waals surface area contributed by atoms with Crippen molar-refractivity contribution in [1.82, 2.24) is 4.98 Å². The van der Waals surface area contributed by atoms with E-state index >= 15 is 0 Å². The molecule has 17 heavy (non-hydrogen) atoms. The number of hydrogen-bond donors (Lipinski definition) is 2. The van der Waals surface area contributed by atoms with Gasteiger partial charge in [-0.1, -0.05) is 12.1 Å². The van der Waals surface area contributed by atoms with Gasteiger partial charge < -0.3 is 15.6 Å². The van der Waals surface area contributed by atoms with E-state index in [9.17, 15) is 9.90 Å². The largest absolute Gasteiger partial charge is 0.506 e. The fraction of sp³-hybridized carbons (Fsp3) is 0.167. The lowest BCUT2D eigenvalue weighted by atomic mass is 10.1. The first-order valence-electron chi connectivity index (χ1n) is 5.18. The zero-order valence-corrected chi connectivity index (χ0v) is 9.30. The lowest BCUT2D eigenvalue weighted by Crippen LogP contribution is -2.10. The monoisotopic (exact) mass is 232 g/mol. The summed E-state index contributed by atoms with van der Waals surface area (Å²) in [5.41, 5.74) is 6.33. The maximum Gasteiger partial charge on any atom is 0.359 e. The Hall–Kier alpha value is -2.30. The molecule has 5 nitrogen and oxygen atoms in total. The minimum atomic E-state index is -0.588. The van der Waals surface area contributed by atoms with E-state index in [2.05, 4.69) is 4.98 Å². The van der Waals surface area contributed by atoms with Crippen molar-refractivity contribution in [3.05, 3.63) is 30.0 Å². The van der Waals surface area contributed by atoms with E-state index in [0.29, 0.717) is 10.9 Å². The van der Waals surface area contributed by atoms with E-state index in [0.717, 1.165) is 0 Å². The van der Waals surface area contributed by atoms with Gasteiger partial charge >= 0.3 is 5.97 Å². The van der Waals surface area contributed by atoms with E-state index in [1.165, 1.54) is 6.07 Å². The van der Waals surface area contributed by atoms with Gasteiger partial charge in [-0.15, -0.1) is 0 Å². The molecule has 0 amide bonds. The van der Waals surface area contributed by atoms with Gasteiger partial charge in [-0.3, -0.25) is 0 Å². The summed E-state index contributed by atoms with van der Waals surface area (Å²) in [6.07, 6.45) is 0. The van der Waals surface area contributed by atoms with Crippen molar-refractivity contribution in [2.24, 2.45) is 0 Å². The number of nitrogens with zero attached hydrogens (tertiary/aromatic N) is 1. The van der Waals surface area contributed by atoms with Crippen LogP contribution in [0.2, 0.25) is 0 Å². The molecule has 0 saturated carbocycles. The van der Waals surface area contributed by atoms with Crippen LogP contribution in [0.25, 0.3) is 10.9 Å². The van der Waals surface area contributed by atoms with Crippen LogP contribution in [0.15, 0.2) is 24.3 Å². The van der Waals surface area contributed by atoms with Gasteiger partial charge in [-0.05, 0) is 19.1 Å². The van der Waals surface area contributed by atoms with Crippen molar-refractivity contribution in [2.45, 2.75) is 6.92 Å². The number of aromatic hydroxyl groups is 1. The number of hydrogen-bond acceptors (Lipinski definition) is 5. The number of carbonyl (C=O) groups is 1. The molecule has 88 valence electrons. The third-order valence-electron chi connectivity index (χ3n) is 2.32. The van der Waals surface area contributed by atoms with Crippen LogP contribution < -0.4 is 5.73 Å². The van der Waals surface area contributed by atoms with Gasteiger partial charge in [-0.25, -0.2) is 9.78 Å². The molecular formula is C12H12N2O3. The second-order valence-corrected chi connectivity index (χ2v) is 3.50. The number of ether oxygens (including phenoxy) is 1. The van der Waals surface area contributed by atoms with Crippen molar-refractivity contribution in [3.8, 4) is 5.75 Å². The zero-order chi connectivity index (χ0) is 12.4. The molecule has 2 aromatic rings. The van der Waals surface area contributed by atoms with Crippen LogP contribution in [0.3, 0.4) is 0 Å². The number of pyridine rings is 1. The second-order valence-electron chi connectivity index (χ2n) is 3.50. The number of esters is 1. The summed E-state index contributed by atoms with van der Waals surface area (Å²) in [6.45, 7) is 1.95. The molecule has 0 spiro atoms. The molecule has 0 radical (unpaired) electrons. The number of fused-ring (bicyclic) bond motifs is 1. The Morgan fingerprint density at radius 3 is 3.00 bits per heavy atom. The minimum Gasteiger partial charge on any atom is -0.506 e. The fourth-order valence-corrected chi connectivity index (χ4v) is 1.56. The summed E-state index contributed by atoms with van der Waals surface area (Å²) >= 11 is 0. The van der Waals surface area contributed by atoms with Crippen molar-refractivity contribution in [1.29, 1.82) is 0 Å². The number of carbonyl (C=O) groups excluding carboxylic acids is 1. The van der Waals surface area contributed by atoms with Crippen LogP contribution in [-0.4, -0.2) is 22.7 Å². The number of nitrogens with two attached hydrogens (primary N) is 1. The molecule has 2 rings (SSSR count). The van der Waals surface area contributed by atoms with Crippen LogP contribution in [-0.2, 0) is 4.74 Å². The van der Waals surface area contributed by atoms with Crippen LogP contribution in [0.4, 0.5) is 5.69 Å². The van der Waals surface area contributed by atoms with Gasteiger partial charge in [0.2, 0.25) is 0 Å². The van der Waals surface area contributed by atoms with Crippen LogP contribution in [0, 0.1) is 0 Å². The first-order chi connectivity index (χ1) is 8.13. The minimum absolute atomic E-state index is 0.00745. The molecule has 0 aliphatic rings. The number of anilines is 1. The Balaban J connectivity index is 2.61. The lowest BCUT2D eigenvalue weighted by molar-refractivity contribution is 0.0521. The summed E-state index contributed by atoms with van der Waals surface area (Å²) in [5, 5.41) is 10.3. The van der Waals surface area contributed by atoms with Crippen LogP contribution in [0.1, 0.15) is 17.4 Å². The Kier molecular flexibility index (Phi) is 2.82. The SMILES string of the molecule is CCOC(=O)c1nc2c(O)cccc2cc1N. The first-order valence-corrected chi connectivity index (χ1v) is 5.18. The van der Waals surface area contributed by atoms with Crippen LogP contribution >= 0.6 is 0 Å². The predicted octanol–water partition coefficient (Wildman–Crippen LogP) is 1.70. The molecule has 0 unspecified atom stereocenters. The highest BCUT2D eigenvalue weighted by Crippen LogP contribution is 2.25. The second kappa shape index (κ2) is 4.29. The lowest BCUT2D eigenvalue weighted by Gasteiger charge is -2.07. The molecule has 5 heteroatoms. The molecule has 0 aliphatic heterocycles. The number of phenolic OH excluding ortho intramolecular Hbond substituents is 1. The fourth-order valence-electron chi connectivity index (χ4n) is 1.56. The van der Waals surface area contributed by atoms with E-state index in [1.54, 1.807) is 25.1 Å². The van der Waals surface area contributed by atoms with Crippen molar-refractivity contribution in [3.63, 3.8) is 0 Å². The van der Waals surface area contributed by atoms with E-state index in [-0.39, 0.29) is 23.7 Å². The van der Waals surface area contributed by atoms with Gasteiger partial charge in [0.1, 0.15) is 11.3 Å². The maximum atomic E-state index is 11.6. The highest BCUT2D eigenvalue weighted by molar-refractivity contribution is 5.98. The highest BCUT2D eigenvalue weighted by Gasteiger charge is 2.15. The Labute approximate surface area is 97.8 Å². The molecule has 0 bridgehead atoms. The third-order valence-corrected chi connectivity index (χ3v) is 2.32. The van der Waals surface area contributed by atoms with Gasteiger partial charge in [0.05, 0.1) is 12.3 Å². The van der Waals surface area contributed by atoms with E-state index in [4.69, 9.17) is 10.5 Å². The van der Waals surface area contributed by atoms with Crippen molar-refractivity contribution < 1.29 is 14.6 Å². The maximum absolute atomic E-state index is 11.6. The zero-order valence-electron chi connectivity index (χ0n) is 9.30. The average Bonchev–Trinajstić information content (AvgIpc) is 2.29. The quantitative estimate of drug-likeness (QED) is 0.770. The molecule has 3 N–H and O–H groups in total. The molecule has 0 fully saturated rings. The van der Waals surface area contributed by atoms with Gasteiger partial charge in [0.15, 0.2) is 5.69 Å². The van der Waals surface area contributed by atoms with Gasteiger partial charge in [0.25, 0.3) is 0 Å². The summed E-state index contributed by atoms with van der Waals surface area (Å²) in [6, 6.07) is 6.53. The first kappa shape index (κ1) is 11.2. The summed E-state index contributed by atoms with van der Waals surface area (Å²) in [7, 11) is 0.